The Morgan fingerprint density at radius 3 is 2.65 bits per heavy atom. The zero-order valence-corrected chi connectivity index (χ0v) is 15.7. The van der Waals surface area contributed by atoms with E-state index in [1.807, 2.05) is 30.3 Å². The molecule has 0 aliphatic carbocycles. The predicted octanol–water partition coefficient (Wildman–Crippen LogP) is 4.18. The average molecular weight is 373 g/mol. The van der Waals surface area contributed by atoms with Gasteiger partial charge in [0.15, 0.2) is 0 Å². The minimum Gasteiger partial charge on any atom is -0.497 e. The molecule has 26 heavy (non-hydrogen) atoms. The Balaban J connectivity index is 2.17. The van der Waals surface area contributed by atoms with Crippen LogP contribution in [0.3, 0.4) is 0 Å². The molecule has 1 amide bonds. The first kappa shape index (κ1) is 18.1. The lowest BCUT2D eigenvalue weighted by atomic mass is 10.0. The van der Waals surface area contributed by atoms with Gasteiger partial charge < -0.3 is 19.8 Å². The largest absolute Gasteiger partial charge is 0.497 e. The monoisotopic (exact) mass is 372 g/mol. The molecule has 0 radical (unpaired) electrons. The van der Waals surface area contributed by atoms with Crippen molar-refractivity contribution in [1.82, 2.24) is 10.3 Å². The highest BCUT2D eigenvalue weighted by atomic mass is 35.5. The second kappa shape index (κ2) is 7.70. The molecular formula is C20H21ClN2O3. The fourth-order valence-corrected chi connectivity index (χ4v) is 3.25. The van der Waals surface area contributed by atoms with Gasteiger partial charge in [-0.25, -0.2) is 0 Å². The van der Waals surface area contributed by atoms with Crippen LogP contribution < -0.4 is 14.8 Å². The highest BCUT2D eigenvalue weighted by Gasteiger charge is 2.17. The third kappa shape index (κ3) is 3.63. The fourth-order valence-electron chi connectivity index (χ4n) is 3.08. The van der Waals surface area contributed by atoms with Crippen molar-refractivity contribution in [2.24, 2.45) is 0 Å². The minimum absolute atomic E-state index is 0.0516. The normalized spacial score (nSPS) is 10.8. The predicted molar refractivity (Wildman–Crippen MR) is 104 cm³/mol. The van der Waals surface area contributed by atoms with Crippen LogP contribution >= 0.6 is 11.6 Å². The first-order valence-corrected chi connectivity index (χ1v) is 8.68. The Morgan fingerprint density at radius 1 is 1.15 bits per heavy atom. The molecule has 0 saturated heterocycles. The number of hydrogen-bond acceptors (Lipinski definition) is 3. The number of rotatable bonds is 6. The van der Waals surface area contributed by atoms with E-state index in [1.54, 1.807) is 20.3 Å². The summed E-state index contributed by atoms with van der Waals surface area (Å²) < 4.78 is 10.9. The minimum atomic E-state index is -0.0516. The summed E-state index contributed by atoms with van der Waals surface area (Å²) in [4.78, 5) is 14.7. The van der Waals surface area contributed by atoms with Crippen molar-refractivity contribution in [3.8, 4) is 22.8 Å². The summed E-state index contributed by atoms with van der Waals surface area (Å²) in [5.74, 6) is 1.46. The SMILES string of the molecule is COc1ccc2[nH]c(-c3cc(Cl)ccc3OC)c(CCNC(C)=O)c2c1. The lowest BCUT2D eigenvalue weighted by Crippen LogP contribution is -2.22. The number of fused-ring (bicyclic) bond motifs is 1. The molecular weight excluding hydrogens is 352 g/mol. The molecule has 0 fully saturated rings. The van der Waals surface area contributed by atoms with Crippen LogP contribution in [0, 0.1) is 0 Å². The third-order valence-corrected chi connectivity index (χ3v) is 4.53. The molecule has 2 aromatic carbocycles. The van der Waals surface area contributed by atoms with Crippen molar-refractivity contribution < 1.29 is 14.3 Å². The standard InChI is InChI=1S/C20H21ClN2O3/c1-12(24)22-9-8-15-16-11-14(25-2)5-6-18(16)23-20(15)17-10-13(21)4-7-19(17)26-3/h4-7,10-11,23H,8-9H2,1-3H3,(H,22,24). The quantitative estimate of drug-likeness (QED) is 0.682. The van der Waals surface area contributed by atoms with Crippen molar-refractivity contribution in [3.05, 3.63) is 47.0 Å². The summed E-state index contributed by atoms with van der Waals surface area (Å²) in [5.41, 5.74) is 3.87. The van der Waals surface area contributed by atoms with E-state index in [0.29, 0.717) is 18.0 Å². The number of ether oxygens (including phenoxy) is 2. The highest BCUT2D eigenvalue weighted by Crippen LogP contribution is 2.38. The Hall–Kier alpha value is -2.66. The number of H-pyrrole nitrogens is 1. The van der Waals surface area contributed by atoms with Crippen LogP contribution in [0.1, 0.15) is 12.5 Å². The molecule has 0 aliphatic rings. The molecule has 0 aliphatic heterocycles. The number of aromatic nitrogens is 1. The van der Waals surface area contributed by atoms with Gasteiger partial charge in [-0.1, -0.05) is 11.6 Å². The molecule has 6 heteroatoms. The van der Waals surface area contributed by atoms with Gasteiger partial charge >= 0.3 is 0 Å². The van der Waals surface area contributed by atoms with E-state index in [4.69, 9.17) is 21.1 Å². The van der Waals surface area contributed by atoms with Gasteiger partial charge in [0.05, 0.1) is 19.9 Å². The maximum absolute atomic E-state index is 11.3. The molecule has 5 nitrogen and oxygen atoms in total. The molecule has 1 heterocycles. The van der Waals surface area contributed by atoms with Crippen molar-refractivity contribution in [1.29, 1.82) is 0 Å². The van der Waals surface area contributed by atoms with Crippen LogP contribution in [0.25, 0.3) is 22.2 Å². The summed E-state index contributed by atoms with van der Waals surface area (Å²) in [6.07, 6.45) is 0.664. The second-order valence-corrected chi connectivity index (χ2v) is 6.40. The number of hydrogen-bond donors (Lipinski definition) is 2. The van der Waals surface area contributed by atoms with Crippen molar-refractivity contribution >= 4 is 28.4 Å². The first-order chi connectivity index (χ1) is 12.5. The Kier molecular flexibility index (Phi) is 5.38. The van der Waals surface area contributed by atoms with Crippen LogP contribution in [-0.4, -0.2) is 31.7 Å². The molecule has 3 aromatic rings. The average Bonchev–Trinajstić information content (AvgIpc) is 2.99. The van der Waals surface area contributed by atoms with E-state index < -0.39 is 0 Å². The number of aromatic amines is 1. The number of nitrogens with one attached hydrogen (secondary N) is 2. The van der Waals surface area contributed by atoms with Crippen LogP contribution in [0.4, 0.5) is 0 Å². The zero-order chi connectivity index (χ0) is 18.7. The number of carbonyl (C=O) groups excluding carboxylic acids is 1. The van der Waals surface area contributed by atoms with Crippen molar-refractivity contribution in [2.45, 2.75) is 13.3 Å². The van der Waals surface area contributed by atoms with Crippen molar-refractivity contribution in [3.63, 3.8) is 0 Å². The lowest BCUT2D eigenvalue weighted by molar-refractivity contribution is -0.118. The van der Waals surface area contributed by atoms with Crippen LogP contribution in [0.5, 0.6) is 11.5 Å². The van der Waals surface area contributed by atoms with Gasteiger partial charge in [-0.2, -0.15) is 0 Å². The Morgan fingerprint density at radius 2 is 1.96 bits per heavy atom. The number of benzene rings is 2. The molecule has 0 spiro atoms. The molecule has 0 saturated carbocycles. The number of halogens is 1. The highest BCUT2D eigenvalue weighted by molar-refractivity contribution is 6.31. The molecule has 0 atom stereocenters. The van der Waals surface area contributed by atoms with E-state index >= 15 is 0 Å². The van der Waals surface area contributed by atoms with Gasteiger partial charge in [-0.05, 0) is 48.4 Å². The molecule has 2 N–H and O–H groups in total. The van der Waals surface area contributed by atoms with Crippen LogP contribution in [0.15, 0.2) is 36.4 Å². The van der Waals surface area contributed by atoms with Gasteiger partial charge in [0.1, 0.15) is 11.5 Å². The molecule has 3 rings (SSSR count). The maximum atomic E-state index is 11.3. The van der Waals surface area contributed by atoms with Gasteiger partial charge in [-0.15, -0.1) is 0 Å². The van der Waals surface area contributed by atoms with Crippen LogP contribution in [0.2, 0.25) is 5.02 Å². The Labute approximate surface area is 157 Å². The zero-order valence-electron chi connectivity index (χ0n) is 15.0. The number of amides is 1. The topological polar surface area (TPSA) is 63.4 Å². The molecule has 0 bridgehead atoms. The summed E-state index contributed by atoms with van der Waals surface area (Å²) in [6.45, 7) is 2.05. The van der Waals surface area contributed by atoms with Crippen LogP contribution in [-0.2, 0) is 11.2 Å². The molecule has 136 valence electrons. The number of carbonyl (C=O) groups is 1. The van der Waals surface area contributed by atoms with Gasteiger partial charge in [0.2, 0.25) is 5.91 Å². The number of methoxy groups -OCH3 is 2. The second-order valence-electron chi connectivity index (χ2n) is 5.97. The smallest absolute Gasteiger partial charge is 0.216 e. The van der Waals surface area contributed by atoms with E-state index in [-0.39, 0.29) is 5.91 Å². The maximum Gasteiger partial charge on any atom is 0.216 e. The Bertz CT molecular complexity index is 950. The lowest BCUT2D eigenvalue weighted by Gasteiger charge is -2.11. The van der Waals surface area contributed by atoms with Gasteiger partial charge in [0.25, 0.3) is 0 Å². The summed E-state index contributed by atoms with van der Waals surface area (Å²) in [6, 6.07) is 11.4. The van der Waals surface area contributed by atoms with Gasteiger partial charge in [-0.3, -0.25) is 4.79 Å². The third-order valence-electron chi connectivity index (χ3n) is 4.29. The summed E-state index contributed by atoms with van der Waals surface area (Å²) in [7, 11) is 3.28. The summed E-state index contributed by atoms with van der Waals surface area (Å²) >= 11 is 6.22. The summed E-state index contributed by atoms with van der Waals surface area (Å²) in [5, 5.41) is 4.53. The van der Waals surface area contributed by atoms with Gasteiger partial charge in [0, 0.05) is 35.0 Å². The molecule has 0 unspecified atom stereocenters. The fraction of sp³-hybridized carbons (Fsp3) is 0.250. The van der Waals surface area contributed by atoms with E-state index in [9.17, 15) is 4.79 Å². The van der Waals surface area contributed by atoms with E-state index in [2.05, 4.69) is 10.3 Å². The first-order valence-electron chi connectivity index (χ1n) is 8.30. The molecule has 1 aromatic heterocycles. The van der Waals surface area contributed by atoms with Crippen molar-refractivity contribution in [2.75, 3.05) is 20.8 Å². The van der Waals surface area contributed by atoms with E-state index in [0.717, 1.165) is 39.2 Å². The van der Waals surface area contributed by atoms with E-state index in [1.165, 1.54) is 6.92 Å².